The number of aromatic nitrogens is 2. The van der Waals surface area contributed by atoms with E-state index in [-0.39, 0.29) is 11.7 Å². The molecule has 3 rings (SSSR count). The van der Waals surface area contributed by atoms with Gasteiger partial charge in [0.05, 0.1) is 12.8 Å². The summed E-state index contributed by atoms with van der Waals surface area (Å²) in [5, 5.41) is 2.92. The lowest BCUT2D eigenvalue weighted by atomic mass is 10.1. The van der Waals surface area contributed by atoms with Gasteiger partial charge in [0.15, 0.2) is 0 Å². The first-order valence-electron chi connectivity index (χ1n) is 6.99. The van der Waals surface area contributed by atoms with Gasteiger partial charge in [-0.2, -0.15) is 0 Å². The molecule has 1 N–H and O–H groups in total. The lowest BCUT2D eigenvalue weighted by Gasteiger charge is -2.14. The van der Waals surface area contributed by atoms with Crippen LogP contribution in [0.4, 0.5) is 5.69 Å². The molecule has 108 valence electrons. The van der Waals surface area contributed by atoms with Crippen LogP contribution in [0.3, 0.4) is 0 Å². The Hall–Kier alpha value is -2.43. The van der Waals surface area contributed by atoms with Crippen LogP contribution in [0.2, 0.25) is 0 Å². The summed E-state index contributed by atoms with van der Waals surface area (Å²) in [6.07, 6.45) is 4.69. The molecule has 0 atom stereocenters. The Bertz CT molecular complexity index is 698. The van der Waals surface area contributed by atoms with Crippen molar-refractivity contribution < 1.29 is 9.53 Å². The monoisotopic (exact) mass is 283 g/mol. The SMILES string of the molecule is COc1ccc2c(c1NC(=O)c1nccc(C)n1)CCC2. The quantitative estimate of drug-likeness (QED) is 0.940. The minimum atomic E-state index is -0.308. The van der Waals surface area contributed by atoms with Gasteiger partial charge in [-0.15, -0.1) is 0 Å². The molecule has 0 saturated heterocycles. The molecular formula is C16H17N3O2. The fourth-order valence-corrected chi connectivity index (χ4v) is 2.68. The molecule has 0 fully saturated rings. The molecule has 1 aliphatic carbocycles. The number of aryl methyl sites for hydroxylation is 2. The summed E-state index contributed by atoms with van der Waals surface area (Å²) in [7, 11) is 1.61. The van der Waals surface area contributed by atoms with Crippen molar-refractivity contribution in [2.75, 3.05) is 12.4 Å². The van der Waals surface area contributed by atoms with E-state index in [0.717, 1.165) is 36.2 Å². The first-order valence-corrected chi connectivity index (χ1v) is 6.99. The van der Waals surface area contributed by atoms with Gasteiger partial charge in [-0.1, -0.05) is 6.07 Å². The number of fused-ring (bicyclic) bond motifs is 1. The lowest BCUT2D eigenvalue weighted by molar-refractivity contribution is 0.101. The summed E-state index contributed by atoms with van der Waals surface area (Å²) < 4.78 is 5.38. The van der Waals surface area contributed by atoms with Crippen LogP contribution < -0.4 is 10.1 Å². The topological polar surface area (TPSA) is 64.1 Å². The summed E-state index contributed by atoms with van der Waals surface area (Å²) in [5.74, 6) is 0.543. The van der Waals surface area contributed by atoms with E-state index in [9.17, 15) is 4.79 Å². The second-order valence-corrected chi connectivity index (χ2v) is 5.11. The number of ether oxygens (including phenoxy) is 1. The van der Waals surface area contributed by atoms with Crippen molar-refractivity contribution in [3.63, 3.8) is 0 Å². The van der Waals surface area contributed by atoms with Gasteiger partial charge in [0.25, 0.3) is 5.91 Å². The Morgan fingerprint density at radius 3 is 2.90 bits per heavy atom. The Morgan fingerprint density at radius 2 is 2.14 bits per heavy atom. The number of nitrogens with zero attached hydrogens (tertiary/aromatic N) is 2. The van der Waals surface area contributed by atoms with Crippen LogP contribution in [-0.4, -0.2) is 23.0 Å². The van der Waals surface area contributed by atoms with Crippen molar-refractivity contribution in [1.29, 1.82) is 0 Å². The highest BCUT2D eigenvalue weighted by molar-refractivity contribution is 6.03. The van der Waals surface area contributed by atoms with Crippen LogP contribution >= 0.6 is 0 Å². The molecule has 0 bridgehead atoms. The molecule has 1 amide bonds. The van der Waals surface area contributed by atoms with Gasteiger partial charge in [-0.25, -0.2) is 9.97 Å². The van der Waals surface area contributed by atoms with E-state index in [1.54, 1.807) is 19.4 Å². The first kappa shape index (κ1) is 13.5. The van der Waals surface area contributed by atoms with E-state index in [0.29, 0.717) is 5.75 Å². The summed E-state index contributed by atoms with van der Waals surface area (Å²) in [6, 6.07) is 5.73. The minimum Gasteiger partial charge on any atom is -0.495 e. The van der Waals surface area contributed by atoms with E-state index in [1.807, 2.05) is 13.0 Å². The molecule has 1 heterocycles. The van der Waals surface area contributed by atoms with Gasteiger partial charge >= 0.3 is 0 Å². The second-order valence-electron chi connectivity index (χ2n) is 5.11. The normalized spacial score (nSPS) is 12.9. The first-order chi connectivity index (χ1) is 10.2. The van der Waals surface area contributed by atoms with Crippen molar-refractivity contribution in [2.24, 2.45) is 0 Å². The number of methoxy groups -OCH3 is 1. The average molecular weight is 283 g/mol. The van der Waals surface area contributed by atoms with Crippen molar-refractivity contribution in [1.82, 2.24) is 9.97 Å². The minimum absolute atomic E-state index is 0.174. The molecule has 0 spiro atoms. The zero-order chi connectivity index (χ0) is 14.8. The Balaban J connectivity index is 1.94. The largest absolute Gasteiger partial charge is 0.495 e. The van der Waals surface area contributed by atoms with Gasteiger partial charge < -0.3 is 10.1 Å². The molecule has 0 unspecified atom stereocenters. The van der Waals surface area contributed by atoms with E-state index in [4.69, 9.17) is 4.74 Å². The predicted molar refractivity (Wildman–Crippen MR) is 79.7 cm³/mol. The number of hydrogen-bond acceptors (Lipinski definition) is 4. The van der Waals surface area contributed by atoms with E-state index in [2.05, 4.69) is 21.4 Å². The van der Waals surface area contributed by atoms with Crippen molar-refractivity contribution in [3.05, 3.63) is 47.0 Å². The molecule has 0 saturated carbocycles. The highest BCUT2D eigenvalue weighted by Gasteiger charge is 2.21. The van der Waals surface area contributed by atoms with Gasteiger partial charge in [-0.05, 0) is 49.4 Å². The molecule has 1 aliphatic rings. The lowest BCUT2D eigenvalue weighted by Crippen LogP contribution is -2.17. The Morgan fingerprint density at radius 1 is 1.29 bits per heavy atom. The molecule has 0 radical (unpaired) electrons. The van der Waals surface area contributed by atoms with Gasteiger partial charge in [0.1, 0.15) is 5.75 Å². The van der Waals surface area contributed by atoms with Crippen LogP contribution in [-0.2, 0) is 12.8 Å². The van der Waals surface area contributed by atoms with Crippen LogP contribution in [0.25, 0.3) is 0 Å². The highest BCUT2D eigenvalue weighted by Crippen LogP contribution is 2.36. The standard InChI is InChI=1S/C16H17N3O2/c1-10-8-9-17-15(18-10)16(20)19-14-12-5-3-4-11(12)6-7-13(14)21-2/h6-9H,3-5H2,1-2H3,(H,19,20). The molecule has 1 aromatic heterocycles. The third-order valence-corrected chi connectivity index (χ3v) is 3.70. The summed E-state index contributed by atoms with van der Waals surface area (Å²) in [4.78, 5) is 20.5. The second kappa shape index (κ2) is 5.52. The number of hydrogen-bond donors (Lipinski definition) is 1. The number of amides is 1. The number of carbonyl (C=O) groups is 1. The van der Waals surface area contributed by atoms with Crippen LogP contribution in [0.15, 0.2) is 24.4 Å². The average Bonchev–Trinajstić information content (AvgIpc) is 2.96. The fourth-order valence-electron chi connectivity index (χ4n) is 2.68. The Labute approximate surface area is 123 Å². The van der Waals surface area contributed by atoms with Crippen LogP contribution in [0, 0.1) is 6.92 Å². The molecule has 21 heavy (non-hydrogen) atoms. The van der Waals surface area contributed by atoms with Crippen molar-refractivity contribution in [2.45, 2.75) is 26.2 Å². The maximum absolute atomic E-state index is 12.3. The van der Waals surface area contributed by atoms with E-state index >= 15 is 0 Å². The maximum Gasteiger partial charge on any atom is 0.293 e. The molecule has 0 aliphatic heterocycles. The van der Waals surface area contributed by atoms with E-state index < -0.39 is 0 Å². The third-order valence-electron chi connectivity index (χ3n) is 3.70. The van der Waals surface area contributed by atoms with Crippen LogP contribution in [0.1, 0.15) is 33.9 Å². The number of rotatable bonds is 3. The van der Waals surface area contributed by atoms with Crippen molar-refractivity contribution in [3.8, 4) is 5.75 Å². The molecule has 1 aromatic carbocycles. The summed E-state index contributed by atoms with van der Waals surface area (Å²) in [5.41, 5.74) is 3.95. The fraction of sp³-hybridized carbons (Fsp3) is 0.312. The van der Waals surface area contributed by atoms with Crippen molar-refractivity contribution >= 4 is 11.6 Å². The molecule has 5 nitrogen and oxygen atoms in total. The summed E-state index contributed by atoms with van der Waals surface area (Å²) >= 11 is 0. The maximum atomic E-state index is 12.3. The highest BCUT2D eigenvalue weighted by atomic mass is 16.5. The molecule has 2 aromatic rings. The van der Waals surface area contributed by atoms with Gasteiger partial charge in [-0.3, -0.25) is 4.79 Å². The Kier molecular flexibility index (Phi) is 3.56. The third kappa shape index (κ3) is 2.59. The summed E-state index contributed by atoms with van der Waals surface area (Å²) in [6.45, 7) is 1.83. The molecule has 5 heteroatoms. The zero-order valence-electron chi connectivity index (χ0n) is 12.1. The van der Waals surface area contributed by atoms with Gasteiger partial charge in [0.2, 0.25) is 5.82 Å². The smallest absolute Gasteiger partial charge is 0.293 e. The van der Waals surface area contributed by atoms with E-state index in [1.165, 1.54) is 5.56 Å². The number of carbonyl (C=O) groups excluding carboxylic acids is 1. The number of benzene rings is 1. The number of nitrogens with one attached hydrogen (secondary N) is 1. The predicted octanol–water partition coefficient (Wildman–Crippen LogP) is 2.53. The number of anilines is 1. The van der Waals surface area contributed by atoms with Crippen LogP contribution in [0.5, 0.6) is 5.75 Å². The molecular weight excluding hydrogens is 266 g/mol. The zero-order valence-corrected chi connectivity index (χ0v) is 12.1. The van der Waals surface area contributed by atoms with Gasteiger partial charge in [0, 0.05) is 11.9 Å².